The summed E-state index contributed by atoms with van der Waals surface area (Å²) >= 11 is 0. The number of morpholine rings is 1. The summed E-state index contributed by atoms with van der Waals surface area (Å²) in [7, 11) is 0. The number of esters is 1. The van der Waals surface area contributed by atoms with Gasteiger partial charge < -0.3 is 19.7 Å². The predicted octanol–water partition coefficient (Wildman–Crippen LogP) is 4.11. The molecule has 0 aliphatic carbocycles. The van der Waals surface area contributed by atoms with Crippen molar-refractivity contribution in [2.45, 2.75) is 6.92 Å². The number of hydrogen-bond donors (Lipinski definition) is 1. The van der Waals surface area contributed by atoms with Gasteiger partial charge in [-0.25, -0.2) is 4.79 Å². The molecule has 1 aliphatic rings. The Hall–Kier alpha value is -3.38. The monoisotopic (exact) mass is 404 g/mol. The van der Waals surface area contributed by atoms with E-state index in [1.165, 1.54) is 0 Å². The highest BCUT2D eigenvalue weighted by Gasteiger charge is 2.21. The summed E-state index contributed by atoms with van der Waals surface area (Å²) in [6, 6.07) is 18.8. The van der Waals surface area contributed by atoms with Gasteiger partial charge in [-0.05, 0) is 48.0 Å². The Morgan fingerprint density at radius 2 is 1.77 bits per heavy atom. The fourth-order valence-corrected chi connectivity index (χ4v) is 3.60. The summed E-state index contributed by atoms with van der Waals surface area (Å²) in [6.07, 6.45) is 0. The van der Waals surface area contributed by atoms with E-state index >= 15 is 0 Å². The number of carbonyl (C=O) groups excluding carboxylic acids is 2. The van der Waals surface area contributed by atoms with Crippen molar-refractivity contribution >= 4 is 34.0 Å². The second kappa shape index (κ2) is 8.97. The molecule has 1 saturated heterocycles. The summed E-state index contributed by atoms with van der Waals surface area (Å²) in [5.41, 5.74) is 2.34. The Bertz CT molecular complexity index is 1070. The maximum atomic E-state index is 12.8. The van der Waals surface area contributed by atoms with E-state index in [1.807, 2.05) is 48.5 Å². The zero-order valence-corrected chi connectivity index (χ0v) is 16.9. The maximum Gasteiger partial charge on any atom is 0.340 e. The number of nitrogens with one attached hydrogen (secondary N) is 1. The third kappa shape index (κ3) is 4.28. The van der Waals surface area contributed by atoms with E-state index in [0.717, 1.165) is 16.5 Å². The van der Waals surface area contributed by atoms with Gasteiger partial charge in [0.05, 0.1) is 31.1 Å². The molecule has 154 valence electrons. The van der Waals surface area contributed by atoms with Crippen LogP contribution in [-0.4, -0.2) is 44.8 Å². The van der Waals surface area contributed by atoms with Crippen molar-refractivity contribution in [2.24, 2.45) is 0 Å². The molecular formula is C24H24N2O4. The predicted molar refractivity (Wildman–Crippen MR) is 117 cm³/mol. The van der Waals surface area contributed by atoms with Gasteiger partial charge in [-0.2, -0.15) is 0 Å². The molecule has 30 heavy (non-hydrogen) atoms. The minimum atomic E-state index is -0.402. The zero-order valence-electron chi connectivity index (χ0n) is 16.9. The van der Waals surface area contributed by atoms with Gasteiger partial charge in [0, 0.05) is 24.3 Å². The van der Waals surface area contributed by atoms with E-state index in [2.05, 4.69) is 10.2 Å². The van der Waals surface area contributed by atoms with Crippen molar-refractivity contribution in [1.29, 1.82) is 0 Å². The lowest BCUT2D eigenvalue weighted by molar-refractivity contribution is 0.0526. The van der Waals surface area contributed by atoms with Gasteiger partial charge in [-0.1, -0.05) is 30.3 Å². The number of amides is 1. The first kappa shape index (κ1) is 19.9. The number of rotatable bonds is 5. The molecular weight excluding hydrogens is 380 g/mol. The smallest absolute Gasteiger partial charge is 0.340 e. The number of hydrogen-bond acceptors (Lipinski definition) is 5. The van der Waals surface area contributed by atoms with Gasteiger partial charge in [-0.3, -0.25) is 4.79 Å². The number of nitrogens with zero attached hydrogens (tertiary/aromatic N) is 1. The Labute approximate surface area is 175 Å². The molecule has 6 heteroatoms. The number of carbonyl (C=O) groups is 2. The molecule has 6 nitrogen and oxygen atoms in total. The molecule has 0 bridgehead atoms. The minimum Gasteiger partial charge on any atom is -0.462 e. The van der Waals surface area contributed by atoms with Crippen molar-refractivity contribution in [2.75, 3.05) is 43.1 Å². The second-order valence-electron chi connectivity index (χ2n) is 7.07. The van der Waals surface area contributed by atoms with E-state index in [-0.39, 0.29) is 12.5 Å². The highest BCUT2D eigenvalue weighted by molar-refractivity contribution is 6.07. The van der Waals surface area contributed by atoms with Gasteiger partial charge in [0.15, 0.2) is 0 Å². The van der Waals surface area contributed by atoms with Crippen LogP contribution in [0.25, 0.3) is 10.8 Å². The van der Waals surface area contributed by atoms with Gasteiger partial charge in [0.2, 0.25) is 0 Å². The Morgan fingerprint density at radius 3 is 2.53 bits per heavy atom. The summed E-state index contributed by atoms with van der Waals surface area (Å²) in [5.74, 6) is -0.629. The molecule has 1 aliphatic heterocycles. The van der Waals surface area contributed by atoms with E-state index in [0.29, 0.717) is 43.1 Å². The van der Waals surface area contributed by atoms with Crippen molar-refractivity contribution in [3.8, 4) is 0 Å². The Kier molecular flexibility index (Phi) is 5.95. The lowest BCUT2D eigenvalue weighted by Gasteiger charge is -2.30. The lowest BCUT2D eigenvalue weighted by atomic mass is 10.1. The van der Waals surface area contributed by atoms with Crippen LogP contribution in [-0.2, 0) is 9.47 Å². The van der Waals surface area contributed by atoms with Gasteiger partial charge in [-0.15, -0.1) is 0 Å². The summed E-state index contributed by atoms with van der Waals surface area (Å²) < 4.78 is 10.7. The van der Waals surface area contributed by atoms with Crippen molar-refractivity contribution in [1.82, 2.24) is 0 Å². The molecule has 4 rings (SSSR count). The van der Waals surface area contributed by atoms with Crippen LogP contribution in [0.4, 0.5) is 11.4 Å². The molecule has 3 aromatic carbocycles. The van der Waals surface area contributed by atoms with Gasteiger partial charge >= 0.3 is 5.97 Å². The standard InChI is InChI=1S/C24H24N2O4/c1-2-30-24(28)21-16-20(9-10-22(21)26-11-13-29-14-12-26)25-23(27)19-8-7-17-5-3-4-6-18(17)15-19/h3-10,15-16H,2,11-14H2,1H3,(H,25,27). The average Bonchev–Trinajstić information content (AvgIpc) is 2.79. The molecule has 0 radical (unpaired) electrons. The second-order valence-corrected chi connectivity index (χ2v) is 7.07. The quantitative estimate of drug-likeness (QED) is 0.649. The molecule has 1 amide bonds. The average molecular weight is 404 g/mol. The lowest BCUT2D eigenvalue weighted by Crippen LogP contribution is -2.37. The molecule has 0 saturated carbocycles. The molecule has 1 fully saturated rings. The van der Waals surface area contributed by atoms with Crippen LogP contribution >= 0.6 is 0 Å². The molecule has 0 aromatic heterocycles. The zero-order chi connectivity index (χ0) is 20.9. The molecule has 1 N–H and O–H groups in total. The normalized spacial score (nSPS) is 13.8. The van der Waals surface area contributed by atoms with Gasteiger partial charge in [0.1, 0.15) is 0 Å². The molecule has 0 atom stereocenters. The van der Waals surface area contributed by atoms with E-state index in [9.17, 15) is 9.59 Å². The fourth-order valence-electron chi connectivity index (χ4n) is 3.60. The maximum absolute atomic E-state index is 12.8. The first-order valence-electron chi connectivity index (χ1n) is 10.1. The van der Waals surface area contributed by atoms with Crippen LogP contribution in [0.3, 0.4) is 0 Å². The summed E-state index contributed by atoms with van der Waals surface area (Å²) in [6.45, 7) is 4.70. The van der Waals surface area contributed by atoms with E-state index < -0.39 is 5.97 Å². The Morgan fingerprint density at radius 1 is 1.00 bits per heavy atom. The number of fused-ring (bicyclic) bond motifs is 1. The van der Waals surface area contributed by atoms with Crippen molar-refractivity contribution < 1.29 is 19.1 Å². The van der Waals surface area contributed by atoms with Crippen molar-refractivity contribution in [3.63, 3.8) is 0 Å². The highest BCUT2D eigenvalue weighted by atomic mass is 16.5. The molecule has 1 heterocycles. The summed E-state index contributed by atoms with van der Waals surface area (Å²) in [5, 5.41) is 4.98. The topological polar surface area (TPSA) is 67.9 Å². The van der Waals surface area contributed by atoms with Crippen LogP contribution in [0.2, 0.25) is 0 Å². The third-order valence-corrected chi connectivity index (χ3v) is 5.11. The largest absolute Gasteiger partial charge is 0.462 e. The first-order valence-corrected chi connectivity index (χ1v) is 10.1. The molecule has 0 unspecified atom stereocenters. The van der Waals surface area contributed by atoms with E-state index in [4.69, 9.17) is 9.47 Å². The minimum absolute atomic E-state index is 0.227. The van der Waals surface area contributed by atoms with Gasteiger partial charge in [0.25, 0.3) is 5.91 Å². The first-order chi connectivity index (χ1) is 14.7. The van der Waals surface area contributed by atoms with Crippen LogP contribution in [0.1, 0.15) is 27.6 Å². The van der Waals surface area contributed by atoms with E-state index in [1.54, 1.807) is 19.1 Å². The van der Waals surface area contributed by atoms with Crippen LogP contribution < -0.4 is 10.2 Å². The van der Waals surface area contributed by atoms with Crippen LogP contribution in [0.15, 0.2) is 60.7 Å². The van der Waals surface area contributed by atoms with Crippen molar-refractivity contribution in [3.05, 3.63) is 71.8 Å². The summed E-state index contributed by atoms with van der Waals surface area (Å²) in [4.78, 5) is 27.5. The third-order valence-electron chi connectivity index (χ3n) is 5.11. The van der Waals surface area contributed by atoms with Crippen LogP contribution in [0.5, 0.6) is 0 Å². The van der Waals surface area contributed by atoms with Crippen LogP contribution in [0, 0.1) is 0 Å². The highest BCUT2D eigenvalue weighted by Crippen LogP contribution is 2.27. The number of benzene rings is 3. The number of anilines is 2. The molecule has 3 aromatic rings. The fraction of sp³-hybridized carbons (Fsp3) is 0.250. The SMILES string of the molecule is CCOC(=O)c1cc(NC(=O)c2ccc3ccccc3c2)ccc1N1CCOCC1. The number of ether oxygens (including phenoxy) is 2. The molecule has 0 spiro atoms. The Balaban J connectivity index is 1.60.